The van der Waals surface area contributed by atoms with Crippen molar-refractivity contribution in [3.05, 3.63) is 12.2 Å². The van der Waals surface area contributed by atoms with Crippen LogP contribution in [0.3, 0.4) is 0 Å². The van der Waals surface area contributed by atoms with Gasteiger partial charge in [-0.2, -0.15) is 0 Å². The average Bonchev–Trinajstić information content (AvgIpc) is 3.07. The molecule has 0 spiro atoms. The van der Waals surface area contributed by atoms with Gasteiger partial charge in [0.05, 0.1) is 12.5 Å². The minimum atomic E-state index is -1.59. The zero-order valence-corrected chi connectivity index (χ0v) is 16.2. The van der Waals surface area contributed by atoms with Crippen LogP contribution in [-0.4, -0.2) is 57.4 Å². The standard InChI is InChI=1S/C20H31NO5/c1-18(2,3)17-21-16(24)14(10-11-22)19(4,25)20(21,12-26-17)15(23)13-8-6-5-7-9-13/h6,8,13-14,17,22,25H,5,7,9-12H2,1-4H3/t13-,14+,17+,19+,20-/m1/s1. The quantitative estimate of drug-likeness (QED) is 0.740. The molecule has 0 saturated carbocycles. The maximum atomic E-state index is 13.6. The Labute approximate surface area is 155 Å². The van der Waals surface area contributed by atoms with Crippen molar-refractivity contribution in [3.63, 3.8) is 0 Å². The van der Waals surface area contributed by atoms with Crippen molar-refractivity contribution in [1.82, 2.24) is 4.90 Å². The fraction of sp³-hybridized carbons (Fsp3) is 0.800. The average molecular weight is 365 g/mol. The van der Waals surface area contributed by atoms with Crippen LogP contribution in [0.4, 0.5) is 0 Å². The molecule has 3 aliphatic rings. The van der Waals surface area contributed by atoms with E-state index in [1.165, 1.54) is 4.90 Å². The molecule has 1 amide bonds. The number of allylic oxidation sites excluding steroid dienone is 2. The molecule has 0 unspecified atom stereocenters. The molecule has 2 fully saturated rings. The molecule has 0 aromatic heterocycles. The van der Waals surface area contributed by atoms with Gasteiger partial charge in [0, 0.05) is 17.9 Å². The minimum absolute atomic E-state index is 0.00121. The number of ether oxygens (including phenoxy) is 1. The number of ketones is 1. The van der Waals surface area contributed by atoms with Gasteiger partial charge >= 0.3 is 0 Å². The molecule has 146 valence electrons. The molecule has 0 aromatic carbocycles. The molecule has 2 saturated heterocycles. The topological polar surface area (TPSA) is 87.1 Å². The lowest BCUT2D eigenvalue weighted by Crippen LogP contribution is -2.65. The Hall–Kier alpha value is -1.24. The van der Waals surface area contributed by atoms with Crippen LogP contribution in [-0.2, 0) is 14.3 Å². The molecular formula is C20H31NO5. The molecule has 0 radical (unpaired) electrons. The van der Waals surface area contributed by atoms with Gasteiger partial charge in [-0.1, -0.05) is 32.9 Å². The van der Waals surface area contributed by atoms with Gasteiger partial charge in [-0.05, 0) is 32.6 Å². The second-order valence-corrected chi connectivity index (χ2v) is 9.14. The van der Waals surface area contributed by atoms with E-state index in [1.807, 2.05) is 32.9 Å². The van der Waals surface area contributed by atoms with E-state index >= 15 is 0 Å². The van der Waals surface area contributed by atoms with Crippen LogP contribution in [0.15, 0.2) is 12.2 Å². The van der Waals surface area contributed by atoms with Crippen LogP contribution in [0, 0.1) is 17.3 Å². The maximum Gasteiger partial charge on any atom is 0.231 e. The molecule has 6 heteroatoms. The van der Waals surface area contributed by atoms with Crippen LogP contribution in [0.1, 0.15) is 53.4 Å². The summed E-state index contributed by atoms with van der Waals surface area (Å²) in [5, 5.41) is 20.9. The van der Waals surface area contributed by atoms with Crippen molar-refractivity contribution in [2.45, 2.75) is 70.7 Å². The highest BCUT2D eigenvalue weighted by Gasteiger charge is 2.74. The first-order valence-corrected chi connectivity index (χ1v) is 9.58. The smallest absolute Gasteiger partial charge is 0.231 e. The van der Waals surface area contributed by atoms with Gasteiger partial charge in [-0.3, -0.25) is 14.5 Å². The third-order valence-electron chi connectivity index (χ3n) is 6.30. The summed E-state index contributed by atoms with van der Waals surface area (Å²) >= 11 is 0. The Morgan fingerprint density at radius 1 is 1.42 bits per heavy atom. The van der Waals surface area contributed by atoms with E-state index < -0.39 is 28.7 Å². The maximum absolute atomic E-state index is 13.6. The largest absolute Gasteiger partial charge is 0.396 e. The fourth-order valence-corrected chi connectivity index (χ4v) is 4.88. The van der Waals surface area contributed by atoms with Crippen LogP contribution in [0.2, 0.25) is 0 Å². The Morgan fingerprint density at radius 2 is 2.12 bits per heavy atom. The second kappa shape index (κ2) is 6.43. The van der Waals surface area contributed by atoms with Gasteiger partial charge in [-0.25, -0.2) is 0 Å². The van der Waals surface area contributed by atoms with E-state index in [-0.39, 0.29) is 37.2 Å². The van der Waals surface area contributed by atoms with E-state index in [2.05, 4.69) is 0 Å². The normalized spacial score (nSPS) is 40.2. The summed E-state index contributed by atoms with van der Waals surface area (Å²) in [5.74, 6) is -1.56. The van der Waals surface area contributed by atoms with E-state index in [0.29, 0.717) is 0 Å². The number of hydrogen-bond donors (Lipinski definition) is 2. The molecule has 5 atom stereocenters. The van der Waals surface area contributed by atoms with Gasteiger partial charge in [0.1, 0.15) is 11.8 Å². The zero-order valence-electron chi connectivity index (χ0n) is 16.2. The lowest BCUT2D eigenvalue weighted by atomic mass is 9.69. The summed E-state index contributed by atoms with van der Waals surface area (Å²) < 4.78 is 5.97. The summed E-state index contributed by atoms with van der Waals surface area (Å²) in [6.45, 7) is 7.22. The van der Waals surface area contributed by atoms with Crippen molar-refractivity contribution >= 4 is 11.7 Å². The molecule has 1 aliphatic carbocycles. The number of rotatable bonds is 4. The number of aliphatic hydroxyl groups is 2. The molecule has 6 nitrogen and oxygen atoms in total. The predicted octanol–water partition coefficient (Wildman–Crippen LogP) is 1.64. The molecule has 0 bridgehead atoms. The summed E-state index contributed by atoms with van der Waals surface area (Å²) in [6, 6.07) is 0. The van der Waals surface area contributed by atoms with Gasteiger partial charge < -0.3 is 14.9 Å². The molecule has 2 N–H and O–H groups in total. The highest BCUT2D eigenvalue weighted by molar-refractivity contribution is 6.02. The van der Waals surface area contributed by atoms with Crippen LogP contribution in [0.5, 0.6) is 0 Å². The van der Waals surface area contributed by atoms with Crippen molar-refractivity contribution in [3.8, 4) is 0 Å². The van der Waals surface area contributed by atoms with Crippen molar-refractivity contribution in [2.75, 3.05) is 13.2 Å². The summed E-state index contributed by atoms with van der Waals surface area (Å²) in [7, 11) is 0. The summed E-state index contributed by atoms with van der Waals surface area (Å²) in [6.07, 6.45) is 6.05. The Balaban J connectivity index is 2.11. The summed E-state index contributed by atoms with van der Waals surface area (Å²) in [4.78, 5) is 28.4. The van der Waals surface area contributed by atoms with Gasteiger partial charge in [0.2, 0.25) is 5.91 Å². The van der Waals surface area contributed by atoms with Crippen molar-refractivity contribution < 1.29 is 24.5 Å². The van der Waals surface area contributed by atoms with Gasteiger partial charge in [0.15, 0.2) is 11.3 Å². The van der Waals surface area contributed by atoms with E-state index in [9.17, 15) is 19.8 Å². The third-order valence-corrected chi connectivity index (χ3v) is 6.30. The first kappa shape index (κ1) is 19.5. The van der Waals surface area contributed by atoms with Crippen molar-refractivity contribution in [1.29, 1.82) is 0 Å². The first-order chi connectivity index (χ1) is 12.1. The Bertz CT molecular complexity index is 620. The fourth-order valence-electron chi connectivity index (χ4n) is 4.88. The number of carbonyl (C=O) groups excluding carboxylic acids is 2. The van der Waals surface area contributed by atoms with E-state index in [0.717, 1.165) is 19.3 Å². The molecule has 0 aromatic rings. The number of amides is 1. The lowest BCUT2D eigenvalue weighted by molar-refractivity contribution is -0.150. The molecular weight excluding hydrogens is 334 g/mol. The van der Waals surface area contributed by atoms with E-state index in [1.54, 1.807) is 6.92 Å². The monoisotopic (exact) mass is 365 g/mol. The minimum Gasteiger partial charge on any atom is -0.396 e. The number of carbonyl (C=O) groups is 2. The third kappa shape index (κ3) is 2.57. The lowest BCUT2D eigenvalue weighted by Gasteiger charge is -2.43. The highest BCUT2D eigenvalue weighted by Crippen LogP contribution is 2.53. The van der Waals surface area contributed by atoms with Crippen LogP contribution < -0.4 is 0 Å². The zero-order chi connectivity index (χ0) is 19.3. The summed E-state index contributed by atoms with van der Waals surface area (Å²) in [5.41, 5.74) is -3.38. The highest BCUT2D eigenvalue weighted by atomic mass is 16.5. The molecule has 2 heterocycles. The molecule has 2 aliphatic heterocycles. The first-order valence-electron chi connectivity index (χ1n) is 9.58. The van der Waals surface area contributed by atoms with Crippen LogP contribution >= 0.6 is 0 Å². The SMILES string of the molecule is CC(C)(C)[C@@H]1OC[C@]2(C(=O)[C@@H]3C=CCCC3)N1C(=O)[C@H](CCO)[C@]2(C)O. The second-order valence-electron chi connectivity index (χ2n) is 9.14. The van der Waals surface area contributed by atoms with Gasteiger partial charge in [-0.15, -0.1) is 0 Å². The van der Waals surface area contributed by atoms with Crippen molar-refractivity contribution in [2.24, 2.45) is 17.3 Å². The number of hydrogen-bond acceptors (Lipinski definition) is 5. The number of aliphatic hydroxyl groups excluding tert-OH is 1. The van der Waals surface area contributed by atoms with Gasteiger partial charge in [0.25, 0.3) is 0 Å². The van der Waals surface area contributed by atoms with E-state index in [4.69, 9.17) is 4.74 Å². The molecule has 26 heavy (non-hydrogen) atoms. The van der Waals surface area contributed by atoms with Crippen LogP contribution in [0.25, 0.3) is 0 Å². The number of Topliss-reactive ketones (excluding diaryl/α,β-unsaturated/α-hetero) is 1. The Kier molecular flexibility index (Phi) is 4.83. The Morgan fingerprint density at radius 3 is 2.65 bits per heavy atom. The number of fused-ring (bicyclic) bond motifs is 1. The number of nitrogens with zero attached hydrogens (tertiary/aromatic N) is 1. The predicted molar refractivity (Wildman–Crippen MR) is 96.1 cm³/mol. The molecule has 3 rings (SSSR count).